The number of carbonyl (C=O) groups excluding carboxylic acids is 2. The summed E-state index contributed by atoms with van der Waals surface area (Å²) >= 11 is 0. The molecular formula is C20H26Cl2N4O2. The lowest BCUT2D eigenvalue weighted by Gasteiger charge is -2.34. The zero-order valence-electron chi connectivity index (χ0n) is 15.5. The summed E-state index contributed by atoms with van der Waals surface area (Å²) in [5.41, 5.74) is 8.14. The number of hydrogen-bond acceptors (Lipinski definition) is 4. The normalized spacial score (nSPS) is 13.8. The Kier molecular flexibility index (Phi) is 9.79. The van der Waals surface area contributed by atoms with Gasteiger partial charge in [0.05, 0.1) is 13.0 Å². The van der Waals surface area contributed by atoms with E-state index in [9.17, 15) is 9.59 Å². The minimum Gasteiger partial charge on any atom is -0.399 e. The van der Waals surface area contributed by atoms with Gasteiger partial charge in [0, 0.05) is 37.6 Å². The molecule has 0 bridgehead atoms. The topological polar surface area (TPSA) is 78.7 Å². The average Bonchev–Trinajstić information content (AvgIpc) is 2.65. The second-order valence-corrected chi connectivity index (χ2v) is 6.49. The van der Waals surface area contributed by atoms with Gasteiger partial charge in [0.2, 0.25) is 11.8 Å². The molecule has 28 heavy (non-hydrogen) atoms. The van der Waals surface area contributed by atoms with Gasteiger partial charge in [-0.3, -0.25) is 14.5 Å². The molecule has 1 heterocycles. The van der Waals surface area contributed by atoms with E-state index >= 15 is 0 Å². The fraction of sp³-hybridized carbons (Fsp3) is 0.300. The highest BCUT2D eigenvalue weighted by molar-refractivity contribution is 5.92. The molecule has 0 saturated carbocycles. The zero-order chi connectivity index (χ0) is 18.4. The van der Waals surface area contributed by atoms with Crippen LogP contribution in [0.2, 0.25) is 0 Å². The van der Waals surface area contributed by atoms with Crippen LogP contribution < -0.4 is 11.1 Å². The maximum Gasteiger partial charge on any atom is 0.238 e. The van der Waals surface area contributed by atoms with Crippen molar-refractivity contribution in [3.8, 4) is 0 Å². The van der Waals surface area contributed by atoms with Gasteiger partial charge in [0.15, 0.2) is 0 Å². The third-order valence-corrected chi connectivity index (χ3v) is 4.48. The average molecular weight is 425 g/mol. The van der Waals surface area contributed by atoms with Crippen LogP contribution in [-0.4, -0.2) is 54.3 Å². The number of hydrogen-bond donors (Lipinski definition) is 2. The van der Waals surface area contributed by atoms with E-state index in [-0.39, 0.29) is 36.6 Å². The summed E-state index contributed by atoms with van der Waals surface area (Å²) in [5.74, 6) is 0.0843. The first kappa shape index (κ1) is 23.8. The molecule has 0 atom stereocenters. The van der Waals surface area contributed by atoms with Gasteiger partial charge in [-0.15, -0.1) is 24.8 Å². The van der Waals surface area contributed by atoms with Gasteiger partial charge < -0.3 is 16.0 Å². The van der Waals surface area contributed by atoms with Crippen LogP contribution >= 0.6 is 24.8 Å². The van der Waals surface area contributed by atoms with Crippen LogP contribution in [0.1, 0.15) is 5.56 Å². The van der Waals surface area contributed by atoms with Crippen LogP contribution in [0.3, 0.4) is 0 Å². The molecule has 1 aliphatic heterocycles. The summed E-state index contributed by atoms with van der Waals surface area (Å²) < 4.78 is 0. The summed E-state index contributed by atoms with van der Waals surface area (Å²) in [4.78, 5) is 28.5. The number of amides is 2. The lowest BCUT2D eigenvalue weighted by Crippen LogP contribution is -2.50. The second-order valence-electron chi connectivity index (χ2n) is 6.49. The molecule has 3 rings (SSSR count). The van der Waals surface area contributed by atoms with Crippen molar-refractivity contribution in [3.05, 3.63) is 60.2 Å². The van der Waals surface area contributed by atoms with Crippen LogP contribution in [0.4, 0.5) is 11.4 Å². The molecule has 2 amide bonds. The second kappa shape index (κ2) is 11.5. The van der Waals surface area contributed by atoms with E-state index in [2.05, 4.69) is 10.2 Å². The Labute approximate surface area is 177 Å². The van der Waals surface area contributed by atoms with E-state index in [4.69, 9.17) is 5.73 Å². The van der Waals surface area contributed by atoms with Crippen molar-refractivity contribution in [2.45, 2.75) is 6.42 Å². The number of nitrogens with zero attached hydrogens (tertiary/aromatic N) is 2. The molecule has 0 unspecified atom stereocenters. The Morgan fingerprint density at radius 1 is 0.893 bits per heavy atom. The minimum atomic E-state index is -0.0298. The van der Waals surface area contributed by atoms with Crippen molar-refractivity contribution < 1.29 is 9.59 Å². The van der Waals surface area contributed by atoms with Crippen LogP contribution in [-0.2, 0) is 16.0 Å². The van der Waals surface area contributed by atoms with Crippen molar-refractivity contribution in [1.29, 1.82) is 0 Å². The number of rotatable bonds is 5. The Bertz CT molecular complexity index is 749. The van der Waals surface area contributed by atoms with Crippen molar-refractivity contribution in [1.82, 2.24) is 9.80 Å². The lowest BCUT2D eigenvalue weighted by molar-refractivity contribution is -0.132. The molecule has 1 aliphatic rings. The van der Waals surface area contributed by atoms with Gasteiger partial charge >= 0.3 is 0 Å². The lowest BCUT2D eigenvalue weighted by atomic mass is 10.1. The quantitative estimate of drug-likeness (QED) is 0.722. The highest BCUT2D eigenvalue weighted by Gasteiger charge is 2.22. The number of benzene rings is 2. The number of carbonyl (C=O) groups is 2. The fourth-order valence-corrected chi connectivity index (χ4v) is 3.00. The molecule has 2 aromatic carbocycles. The van der Waals surface area contributed by atoms with E-state index < -0.39 is 0 Å². The molecule has 152 valence electrons. The number of nitrogens with two attached hydrogens (primary N) is 1. The summed E-state index contributed by atoms with van der Waals surface area (Å²) in [6.07, 6.45) is 0.384. The highest BCUT2D eigenvalue weighted by atomic mass is 35.5. The smallest absolute Gasteiger partial charge is 0.238 e. The molecule has 3 N–H and O–H groups in total. The van der Waals surface area contributed by atoms with Gasteiger partial charge in [-0.2, -0.15) is 0 Å². The van der Waals surface area contributed by atoms with Crippen molar-refractivity contribution >= 4 is 48.0 Å². The molecule has 0 aromatic heterocycles. The van der Waals surface area contributed by atoms with Crippen molar-refractivity contribution in [3.63, 3.8) is 0 Å². The standard InChI is InChI=1S/C20H24N4O2.2ClH/c21-17-8-6-16(7-9-17)14-20(26)24-12-10-23(11-13-24)15-19(25)22-18-4-2-1-3-5-18;;/h1-9H,10-15,21H2,(H,22,25);2*1H. The number of nitrogens with one attached hydrogen (secondary N) is 1. The number of halogens is 2. The largest absolute Gasteiger partial charge is 0.399 e. The highest BCUT2D eigenvalue weighted by Crippen LogP contribution is 2.10. The van der Waals surface area contributed by atoms with Crippen molar-refractivity contribution in [2.75, 3.05) is 43.8 Å². The molecule has 1 saturated heterocycles. The first-order valence-corrected chi connectivity index (χ1v) is 8.79. The van der Waals surface area contributed by atoms with Gasteiger partial charge in [-0.25, -0.2) is 0 Å². The van der Waals surface area contributed by atoms with Crippen molar-refractivity contribution in [2.24, 2.45) is 0 Å². The molecule has 0 aliphatic carbocycles. The minimum absolute atomic E-state index is 0. The van der Waals surface area contributed by atoms with Crippen LogP contribution in [0, 0.1) is 0 Å². The Balaban J connectivity index is 0.00000196. The molecule has 1 fully saturated rings. The monoisotopic (exact) mass is 424 g/mol. The Morgan fingerprint density at radius 3 is 2.11 bits per heavy atom. The number of para-hydroxylation sites is 1. The predicted molar refractivity (Wildman–Crippen MR) is 117 cm³/mol. The number of anilines is 2. The number of nitrogen functional groups attached to an aromatic ring is 1. The molecule has 0 spiro atoms. The maximum absolute atomic E-state index is 12.4. The molecule has 6 nitrogen and oxygen atoms in total. The molecular weight excluding hydrogens is 399 g/mol. The fourth-order valence-electron chi connectivity index (χ4n) is 3.00. The van der Waals surface area contributed by atoms with Crippen LogP contribution in [0.25, 0.3) is 0 Å². The van der Waals surface area contributed by atoms with E-state index in [1.54, 1.807) is 0 Å². The first-order valence-electron chi connectivity index (χ1n) is 8.79. The van der Waals surface area contributed by atoms with Gasteiger partial charge in [0.1, 0.15) is 0 Å². The Hall–Kier alpha value is -2.28. The van der Waals surface area contributed by atoms with Crippen LogP contribution in [0.5, 0.6) is 0 Å². The summed E-state index contributed by atoms with van der Waals surface area (Å²) in [7, 11) is 0. The maximum atomic E-state index is 12.4. The van der Waals surface area contributed by atoms with E-state index in [0.717, 1.165) is 11.3 Å². The molecule has 8 heteroatoms. The van der Waals surface area contributed by atoms with Crippen LogP contribution in [0.15, 0.2) is 54.6 Å². The number of piperazine rings is 1. The van der Waals surface area contributed by atoms with Gasteiger partial charge in [0.25, 0.3) is 0 Å². The van der Waals surface area contributed by atoms with Gasteiger partial charge in [-0.05, 0) is 29.8 Å². The summed E-state index contributed by atoms with van der Waals surface area (Å²) in [5, 5.41) is 2.89. The summed E-state index contributed by atoms with van der Waals surface area (Å²) in [6, 6.07) is 16.8. The third-order valence-electron chi connectivity index (χ3n) is 4.48. The van der Waals surface area contributed by atoms with E-state index in [1.165, 1.54) is 0 Å². The van der Waals surface area contributed by atoms with E-state index in [1.807, 2.05) is 59.5 Å². The molecule has 2 aromatic rings. The third kappa shape index (κ3) is 7.03. The predicted octanol–water partition coefficient (Wildman–Crippen LogP) is 2.44. The zero-order valence-corrected chi connectivity index (χ0v) is 17.2. The summed E-state index contributed by atoms with van der Waals surface area (Å²) in [6.45, 7) is 3.04. The van der Waals surface area contributed by atoms with Gasteiger partial charge in [-0.1, -0.05) is 30.3 Å². The first-order chi connectivity index (χ1) is 12.6. The Morgan fingerprint density at radius 2 is 1.50 bits per heavy atom. The SMILES string of the molecule is Cl.Cl.Nc1ccc(CC(=O)N2CCN(CC(=O)Nc3ccccc3)CC2)cc1. The molecule has 0 radical (unpaired) electrons. The van der Waals surface area contributed by atoms with E-state index in [0.29, 0.717) is 44.8 Å².